The molecule has 1 aliphatic rings. The van der Waals surface area contributed by atoms with E-state index in [4.69, 9.17) is 14.2 Å². The summed E-state index contributed by atoms with van der Waals surface area (Å²) in [5.74, 6) is -0.183. The average molecular weight is 1120 g/mol. The number of allylic oxidation sites excluding steroid dienone is 5. The third-order valence-corrected chi connectivity index (χ3v) is 16.0. The number of aliphatic hydroxyl groups excluding tert-OH is 5. The largest absolute Gasteiger partial charge is 0.466 e. The first kappa shape index (κ1) is 74.9. The van der Waals surface area contributed by atoms with Gasteiger partial charge in [-0.25, -0.2) is 0 Å². The summed E-state index contributed by atoms with van der Waals surface area (Å²) in [7, 11) is 0. The van der Waals surface area contributed by atoms with Crippen LogP contribution in [-0.4, -0.2) is 100 Å². The number of hydrogen-bond acceptors (Lipinski definition) is 10. The topological polar surface area (TPSA) is 175 Å². The molecule has 1 heterocycles. The molecule has 0 spiro atoms. The third-order valence-electron chi connectivity index (χ3n) is 16.0. The number of amides is 1. The maximum atomic E-state index is 13.0. The predicted octanol–water partition coefficient (Wildman–Crippen LogP) is 16.6. The quantitative estimate of drug-likeness (QED) is 0.0195. The lowest BCUT2D eigenvalue weighted by atomic mass is 9.99. The van der Waals surface area contributed by atoms with Crippen LogP contribution < -0.4 is 5.32 Å². The standard InChI is InChI=1S/C68H127NO10/c1-3-5-7-9-11-13-35-40-44-48-52-56-64(73)77-57-53-49-45-41-37-34-32-30-28-26-24-22-20-18-16-15-17-19-21-23-25-27-29-31-33-36-39-43-47-51-55-63(72)69-60(59-78-68-67(76)66(75)65(74)62(58-70)79-68)61(71)54-50-46-42-38-14-12-10-8-6-4-2/h9,11,16,18,50,54,60-62,65-68,70-71,74-76H,3-8,10,12-15,17,19-49,51-53,55-59H2,1-2H3,(H,69,72)/b11-9-,18-16-,54-50+. The van der Waals surface area contributed by atoms with Gasteiger partial charge < -0.3 is 45.1 Å². The van der Waals surface area contributed by atoms with Crippen molar-refractivity contribution < 1.29 is 49.3 Å². The highest BCUT2D eigenvalue weighted by Crippen LogP contribution is 2.23. The van der Waals surface area contributed by atoms with E-state index in [2.05, 4.69) is 43.5 Å². The third kappa shape index (κ3) is 47.0. The Hall–Kier alpha value is -2.12. The van der Waals surface area contributed by atoms with Gasteiger partial charge in [0, 0.05) is 12.8 Å². The molecule has 1 saturated heterocycles. The number of ether oxygens (including phenoxy) is 3. The zero-order valence-corrected chi connectivity index (χ0v) is 51.3. The van der Waals surface area contributed by atoms with Crippen LogP contribution in [-0.2, 0) is 23.8 Å². The van der Waals surface area contributed by atoms with Crippen LogP contribution in [0.3, 0.4) is 0 Å². The number of aliphatic hydroxyl groups is 5. The van der Waals surface area contributed by atoms with Gasteiger partial charge in [0.1, 0.15) is 24.4 Å². The van der Waals surface area contributed by atoms with E-state index in [1.165, 1.54) is 238 Å². The molecule has 0 saturated carbocycles. The molecule has 79 heavy (non-hydrogen) atoms. The molecule has 6 N–H and O–H groups in total. The number of unbranched alkanes of at least 4 members (excludes halogenated alkanes) is 41. The van der Waals surface area contributed by atoms with E-state index in [0.29, 0.717) is 19.4 Å². The van der Waals surface area contributed by atoms with Gasteiger partial charge in [-0.1, -0.05) is 269 Å². The average Bonchev–Trinajstić information content (AvgIpc) is 3.48. The lowest BCUT2D eigenvalue weighted by Crippen LogP contribution is -2.60. The van der Waals surface area contributed by atoms with E-state index in [1.54, 1.807) is 6.08 Å². The molecule has 7 unspecified atom stereocenters. The van der Waals surface area contributed by atoms with Crippen LogP contribution in [0.25, 0.3) is 0 Å². The molecule has 0 aliphatic carbocycles. The summed E-state index contributed by atoms with van der Waals surface area (Å²) in [6.45, 7) is 4.31. The van der Waals surface area contributed by atoms with Gasteiger partial charge in [0.05, 0.1) is 32.0 Å². The van der Waals surface area contributed by atoms with E-state index in [9.17, 15) is 35.1 Å². The normalized spacial score (nSPS) is 18.6. The molecular weight excluding hydrogens is 991 g/mol. The van der Waals surface area contributed by atoms with Gasteiger partial charge in [-0.3, -0.25) is 9.59 Å². The smallest absolute Gasteiger partial charge is 0.305 e. The molecule has 1 aliphatic heterocycles. The molecule has 0 radical (unpaired) electrons. The van der Waals surface area contributed by atoms with Crippen LogP contribution in [0.5, 0.6) is 0 Å². The minimum absolute atomic E-state index is 0.00235. The number of hydrogen-bond donors (Lipinski definition) is 6. The Morgan fingerprint density at radius 3 is 1.25 bits per heavy atom. The number of rotatable bonds is 59. The molecule has 0 aromatic heterocycles. The van der Waals surface area contributed by atoms with Gasteiger partial charge in [0.2, 0.25) is 5.91 Å². The highest BCUT2D eigenvalue weighted by atomic mass is 16.7. The number of esters is 1. The minimum atomic E-state index is -1.57. The van der Waals surface area contributed by atoms with Gasteiger partial charge in [-0.2, -0.15) is 0 Å². The fourth-order valence-corrected chi connectivity index (χ4v) is 10.6. The summed E-state index contributed by atoms with van der Waals surface area (Å²) >= 11 is 0. The summed E-state index contributed by atoms with van der Waals surface area (Å²) in [5, 5.41) is 54.3. The molecule has 1 fully saturated rings. The van der Waals surface area contributed by atoms with Crippen LogP contribution in [0, 0.1) is 0 Å². The Labute approximate surface area is 485 Å². The monoisotopic (exact) mass is 1120 g/mol. The van der Waals surface area contributed by atoms with Crippen molar-refractivity contribution in [3.63, 3.8) is 0 Å². The maximum absolute atomic E-state index is 13.0. The van der Waals surface area contributed by atoms with E-state index in [-0.39, 0.29) is 18.5 Å². The molecular formula is C68H127NO10. The molecule has 0 bridgehead atoms. The molecule has 11 heteroatoms. The Balaban J connectivity index is 1.95. The summed E-state index contributed by atoms with van der Waals surface area (Å²) in [5.41, 5.74) is 0. The number of carbonyl (C=O) groups excluding carboxylic acids is 2. The lowest BCUT2D eigenvalue weighted by Gasteiger charge is -2.40. The highest BCUT2D eigenvalue weighted by molar-refractivity contribution is 5.76. The summed E-state index contributed by atoms with van der Waals surface area (Å²) in [6.07, 6.45) is 62.8. The predicted molar refractivity (Wildman–Crippen MR) is 329 cm³/mol. The molecule has 1 rings (SSSR count). The first-order valence-corrected chi connectivity index (χ1v) is 33.8. The first-order valence-electron chi connectivity index (χ1n) is 33.8. The fourth-order valence-electron chi connectivity index (χ4n) is 10.6. The minimum Gasteiger partial charge on any atom is -0.466 e. The Kier molecular flexibility index (Phi) is 54.7. The molecule has 0 aromatic carbocycles. The van der Waals surface area contributed by atoms with Crippen molar-refractivity contribution in [2.24, 2.45) is 0 Å². The molecule has 0 aromatic rings. The van der Waals surface area contributed by atoms with Crippen molar-refractivity contribution in [3.8, 4) is 0 Å². The first-order chi connectivity index (χ1) is 38.7. The van der Waals surface area contributed by atoms with Gasteiger partial charge in [0.15, 0.2) is 6.29 Å². The zero-order chi connectivity index (χ0) is 57.3. The Bertz CT molecular complexity index is 1410. The van der Waals surface area contributed by atoms with Gasteiger partial charge in [-0.05, 0) is 77.0 Å². The number of nitrogens with one attached hydrogen (secondary N) is 1. The van der Waals surface area contributed by atoms with E-state index in [0.717, 1.165) is 57.8 Å². The van der Waals surface area contributed by atoms with Crippen molar-refractivity contribution in [3.05, 3.63) is 36.5 Å². The van der Waals surface area contributed by atoms with Crippen molar-refractivity contribution >= 4 is 11.9 Å². The Morgan fingerprint density at radius 2 is 0.823 bits per heavy atom. The van der Waals surface area contributed by atoms with Crippen LogP contribution in [0.1, 0.15) is 322 Å². The lowest BCUT2D eigenvalue weighted by molar-refractivity contribution is -0.302. The second kappa shape index (κ2) is 57.7. The van der Waals surface area contributed by atoms with Crippen LogP contribution in [0.15, 0.2) is 36.5 Å². The van der Waals surface area contributed by atoms with Gasteiger partial charge >= 0.3 is 5.97 Å². The van der Waals surface area contributed by atoms with E-state index >= 15 is 0 Å². The van der Waals surface area contributed by atoms with Crippen molar-refractivity contribution in [1.29, 1.82) is 0 Å². The summed E-state index contributed by atoms with van der Waals surface area (Å²) in [4.78, 5) is 25.0. The van der Waals surface area contributed by atoms with E-state index in [1.807, 2.05) is 6.08 Å². The van der Waals surface area contributed by atoms with Crippen LogP contribution in [0.2, 0.25) is 0 Å². The van der Waals surface area contributed by atoms with E-state index < -0.39 is 49.5 Å². The van der Waals surface area contributed by atoms with Gasteiger partial charge in [0.25, 0.3) is 0 Å². The van der Waals surface area contributed by atoms with Gasteiger partial charge in [-0.15, -0.1) is 0 Å². The summed E-state index contributed by atoms with van der Waals surface area (Å²) in [6, 6.07) is -0.808. The Morgan fingerprint density at radius 1 is 0.456 bits per heavy atom. The van der Waals surface area contributed by atoms with Crippen molar-refractivity contribution in [2.75, 3.05) is 19.8 Å². The van der Waals surface area contributed by atoms with Crippen LogP contribution >= 0.6 is 0 Å². The maximum Gasteiger partial charge on any atom is 0.305 e. The van der Waals surface area contributed by atoms with Crippen LogP contribution in [0.4, 0.5) is 0 Å². The fraction of sp³-hybridized carbons (Fsp3) is 0.882. The zero-order valence-electron chi connectivity index (χ0n) is 51.3. The second-order valence-corrected chi connectivity index (χ2v) is 23.5. The number of carbonyl (C=O) groups is 2. The highest BCUT2D eigenvalue weighted by Gasteiger charge is 2.44. The van der Waals surface area contributed by atoms with Crippen molar-refractivity contribution in [1.82, 2.24) is 5.32 Å². The molecule has 1 amide bonds. The SMILES string of the molecule is CCCC/C=C\CCCCCCCC(=O)OCCCCCCCCCCCCCC/C=C\CCCCCCCCCCCCCCCCC(=O)NC(COC1OC(CO)C(O)C(O)C1O)C(O)/C=C/CCCCCCCCCC. The second-order valence-electron chi connectivity index (χ2n) is 23.5. The van der Waals surface area contributed by atoms with Crippen molar-refractivity contribution in [2.45, 2.75) is 365 Å². The molecule has 7 atom stereocenters. The molecule has 464 valence electrons. The summed E-state index contributed by atoms with van der Waals surface area (Å²) < 4.78 is 16.7. The molecule has 11 nitrogen and oxygen atoms in total.